The van der Waals surface area contributed by atoms with E-state index in [9.17, 15) is 9.59 Å². The van der Waals surface area contributed by atoms with Crippen molar-refractivity contribution < 1.29 is 30.0 Å². The molecule has 4 N–H and O–H groups in total. The lowest BCUT2D eigenvalue weighted by Crippen LogP contribution is -2.30. The van der Waals surface area contributed by atoms with Gasteiger partial charge in [-0.25, -0.2) is 0 Å². The van der Waals surface area contributed by atoms with Crippen LogP contribution in [-0.4, -0.2) is 49.7 Å². The van der Waals surface area contributed by atoms with Crippen LogP contribution in [0, 0.1) is 11.8 Å². The van der Waals surface area contributed by atoms with Crippen molar-refractivity contribution in [1.82, 2.24) is 0 Å². The third kappa shape index (κ3) is 14.5. The number of carboxylic acids is 2. The van der Waals surface area contributed by atoms with Crippen molar-refractivity contribution >= 4 is 37.2 Å². The Hall–Kier alpha value is -0.440. The molecule has 8 heteroatoms. The van der Waals surface area contributed by atoms with Gasteiger partial charge in [0.2, 0.25) is 0 Å². The molecule has 6 nitrogen and oxygen atoms in total. The van der Waals surface area contributed by atoms with Crippen LogP contribution in [0.4, 0.5) is 0 Å². The Kier molecular flexibility index (Phi) is 14.1. The minimum absolute atomic E-state index is 0.316. The van der Waals surface area contributed by atoms with Gasteiger partial charge < -0.3 is 20.4 Å². The molecule has 0 heterocycles. The lowest BCUT2D eigenvalue weighted by Gasteiger charge is -2.25. The van der Waals surface area contributed by atoms with Crippen LogP contribution in [0.2, 0.25) is 0 Å². The number of hydrogen-bond acceptors (Lipinski definition) is 6. The van der Waals surface area contributed by atoms with E-state index in [0.29, 0.717) is 24.3 Å². The van der Waals surface area contributed by atoms with Gasteiger partial charge in [0, 0.05) is 24.3 Å². The van der Waals surface area contributed by atoms with Crippen LogP contribution in [0.1, 0.15) is 46.0 Å². The van der Waals surface area contributed by atoms with Gasteiger partial charge in [-0.1, -0.05) is 20.3 Å². The zero-order valence-corrected chi connectivity index (χ0v) is 14.9. The van der Waals surface area contributed by atoms with Crippen LogP contribution in [-0.2, 0) is 9.59 Å². The zero-order valence-electron chi connectivity index (χ0n) is 13.1. The van der Waals surface area contributed by atoms with Crippen molar-refractivity contribution in [2.45, 2.75) is 51.7 Å². The summed E-state index contributed by atoms with van der Waals surface area (Å²) in [6, 6.07) is 0. The van der Waals surface area contributed by atoms with Crippen LogP contribution in [0.25, 0.3) is 0 Å². The van der Waals surface area contributed by atoms with Crippen LogP contribution in [0.3, 0.4) is 0 Å². The summed E-state index contributed by atoms with van der Waals surface area (Å²) in [7, 11) is 0. The van der Waals surface area contributed by atoms with E-state index in [1.165, 1.54) is 0 Å². The second-order valence-corrected chi connectivity index (χ2v) is 6.12. The zero-order chi connectivity index (χ0) is 17.8. The largest absolute Gasteiger partial charge is 0.481 e. The summed E-state index contributed by atoms with van der Waals surface area (Å²) in [5.41, 5.74) is 0. The minimum atomic E-state index is -1.32. The van der Waals surface area contributed by atoms with Crippen molar-refractivity contribution in [2.24, 2.45) is 11.8 Å². The van der Waals surface area contributed by atoms with Gasteiger partial charge in [-0.3, -0.25) is 9.59 Å². The summed E-state index contributed by atoms with van der Waals surface area (Å²) >= 11 is 7.55. The first kappa shape index (κ1) is 23.8. The second kappa shape index (κ2) is 13.0. The summed E-state index contributed by atoms with van der Waals surface area (Å²) < 4.78 is 0. The fourth-order valence-corrected chi connectivity index (χ4v) is 1.59. The Bertz CT molecular complexity index is 294. The predicted octanol–water partition coefficient (Wildman–Crippen LogP) is 1.91. The Morgan fingerprint density at radius 2 is 1.23 bits per heavy atom. The smallest absolute Gasteiger partial charge is 0.307 e. The van der Waals surface area contributed by atoms with Gasteiger partial charge in [0.05, 0.1) is 11.8 Å². The maximum absolute atomic E-state index is 9.88. The number of hydrogen-bond donors (Lipinski definition) is 6. The highest BCUT2D eigenvalue weighted by Crippen LogP contribution is 2.24. The standard InChI is InChI=1S/C6H12O2.2C4H8O2S/c7-6(8)4-2-1-3-5-6;2*1-3(2-7)4(5)6/h7-8H,1-5H2;2*3,7H,2H2,1H3,(H,5,6). The second-order valence-electron chi connectivity index (χ2n) is 5.39. The topological polar surface area (TPSA) is 115 Å². The molecule has 0 aromatic carbocycles. The molecule has 22 heavy (non-hydrogen) atoms. The molecule has 0 radical (unpaired) electrons. The van der Waals surface area contributed by atoms with E-state index in [1.54, 1.807) is 13.8 Å². The van der Waals surface area contributed by atoms with E-state index < -0.39 is 17.7 Å². The summed E-state index contributed by atoms with van der Waals surface area (Å²) in [4.78, 5) is 19.8. The Balaban J connectivity index is 0. The molecule has 0 aromatic heterocycles. The fraction of sp³-hybridized carbons (Fsp3) is 0.857. The Morgan fingerprint density at radius 3 is 1.32 bits per heavy atom. The first-order valence-corrected chi connectivity index (χ1v) is 8.46. The van der Waals surface area contributed by atoms with Crippen LogP contribution >= 0.6 is 25.3 Å². The van der Waals surface area contributed by atoms with E-state index >= 15 is 0 Å². The summed E-state index contributed by atoms with van der Waals surface area (Å²) in [6.45, 7) is 3.24. The highest BCUT2D eigenvalue weighted by molar-refractivity contribution is 7.80. The van der Waals surface area contributed by atoms with Gasteiger partial charge in [-0.05, 0) is 12.8 Å². The number of aliphatic carboxylic acids is 2. The van der Waals surface area contributed by atoms with Gasteiger partial charge in [0.1, 0.15) is 0 Å². The number of rotatable bonds is 4. The van der Waals surface area contributed by atoms with Gasteiger partial charge in [-0.15, -0.1) is 0 Å². The predicted molar refractivity (Wildman–Crippen MR) is 91.6 cm³/mol. The Morgan fingerprint density at radius 1 is 0.909 bits per heavy atom. The monoisotopic (exact) mass is 356 g/mol. The molecule has 0 aliphatic heterocycles. The molecule has 0 bridgehead atoms. The highest BCUT2D eigenvalue weighted by atomic mass is 32.1. The van der Waals surface area contributed by atoms with Crippen molar-refractivity contribution in [3.63, 3.8) is 0 Å². The Labute approximate surface area is 142 Å². The quantitative estimate of drug-likeness (QED) is 0.339. The minimum Gasteiger partial charge on any atom is -0.481 e. The molecule has 1 rings (SSSR count). The molecule has 0 saturated heterocycles. The van der Waals surface area contributed by atoms with Gasteiger partial charge in [0.25, 0.3) is 0 Å². The molecule has 0 aromatic rings. The normalized spacial score (nSPS) is 18.6. The van der Waals surface area contributed by atoms with Crippen molar-refractivity contribution in [3.05, 3.63) is 0 Å². The third-order valence-corrected chi connectivity index (χ3v) is 4.14. The first-order valence-electron chi connectivity index (χ1n) is 7.19. The molecular weight excluding hydrogens is 328 g/mol. The number of aliphatic hydroxyl groups is 2. The third-order valence-electron chi connectivity index (χ3n) is 3.05. The average molecular weight is 357 g/mol. The molecule has 0 spiro atoms. The highest BCUT2D eigenvalue weighted by Gasteiger charge is 2.24. The fourth-order valence-electron chi connectivity index (χ4n) is 1.27. The number of thiol groups is 2. The summed E-state index contributed by atoms with van der Waals surface area (Å²) in [5, 5.41) is 34.1. The van der Waals surface area contributed by atoms with E-state index in [-0.39, 0.29) is 11.8 Å². The van der Waals surface area contributed by atoms with Gasteiger partial charge >= 0.3 is 11.9 Å². The van der Waals surface area contributed by atoms with E-state index in [0.717, 1.165) is 19.3 Å². The molecule has 1 saturated carbocycles. The van der Waals surface area contributed by atoms with Crippen LogP contribution in [0.15, 0.2) is 0 Å². The van der Waals surface area contributed by atoms with Gasteiger partial charge in [-0.2, -0.15) is 25.3 Å². The maximum Gasteiger partial charge on any atom is 0.307 e. The summed E-state index contributed by atoms with van der Waals surface area (Å²) in [5.74, 6) is -2.69. The van der Waals surface area contributed by atoms with Crippen LogP contribution in [0.5, 0.6) is 0 Å². The number of carbonyl (C=O) groups is 2. The maximum atomic E-state index is 9.88. The number of carboxylic acid groups (broad SMARTS) is 2. The molecule has 1 aliphatic rings. The summed E-state index contributed by atoms with van der Waals surface area (Å²) in [6.07, 6.45) is 4.21. The molecule has 1 aliphatic carbocycles. The molecule has 2 atom stereocenters. The molecule has 1 fully saturated rings. The lowest BCUT2D eigenvalue weighted by molar-refractivity contribution is -0.180. The molecule has 132 valence electrons. The van der Waals surface area contributed by atoms with Crippen molar-refractivity contribution in [1.29, 1.82) is 0 Å². The van der Waals surface area contributed by atoms with Crippen molar-refractivity contribution in [2.75, 3.05) is 11.5 Å². The molecular formula is C14H28O6S2. The van der Waals surface area contributed by atoms with E-state index in [4.69, 9.17) is 20.4 Å². The van der Waals surface area contributed by atoms with Gasteiger partial charge in [0.15, 0.2) is 5.79 Å². The van der Waals surface area contributed by atoms with E-state index in [1.807, 2.05) is 0 Å². The van der Waals surface area contributed by atoms with E-state index in [2.05, 4.69) is 25.3 Å². The molecule has 0 amide bonds. The average Bonchev–Trinajstić information content (AvgIpc) is 2.46. The van der Waals surface area contributed by atoms with Crippen molar-refractivity contribution in [3.8, 4) is 0 Å². The SMILES string of the molecule is CC(CS)C(=O)O.CC(CS)C(=O)O.OC1(O)CCCCC1. The first-order chi connectivity index (χ1) is 10.1. The molecule has 2 unspecified atom stereocenters. The lowest BCUT2D eigenvalue weighted by atomic mass is 9.95. The van der Waals surface area contributed by atoms with Crippen LogP contribution < -0.4 is 0 Å².